The van der Waals surface area contributed by atoms with Crippen molar-refractivity contribution in [3.05, 3.63) is 0 Å². The summed E-state index contributed by atoms with van der Waals surface area (Å²) in [6.45, 7) is 11.8. The summed E-state index contributed by atoms with van der Waals surface area (Å²) in [7, 11) is 0. The van der Waals surface area contributed by atoms with Gasteiger partial charge in [-0.2, -0.15) is 0 Å². The lowest BCUT2D eigenvalue weighted by atomic mass is 9.84. The molecule has 0 aliphatic carbocycles. The summed E-state index contributed by atoms with van der Waals surface area (Å²) in [6.07, 6.45) is 11.5. The number of unbranched alkanes of at least 4 members (excludes halogenated alkanes) is 6. The van der Waals surface area contributed by atoms with E-state index in [0.29, 0.717) is 24.4 Å². The molecule has 1 atom stereocenters. The molecule has 0 aromatic carbocycles. The van der Waals surface area contributed by atoms with Crippen LogP contribution in [0.3, 0.4) is 0 Å². The lowest BCUT2D eigenvalue weighted by Gasteiger charge is -2.22. The Morgan fingerprint density at radius 1 is 1.00 bits per heavy atom. The molecule has 0 aliphatic rings. The van der Waals surface area contributed by atoms with Gasteiger partial charge in [-0.15, -0.1) is 0 Å². The van der Waals surface area contributed by atoms with Gasteiger partial charge in [0.1, 0.15) is 0 Å². The van der Waals surface area contributed by atoms with Crippen molar-refractivity contribution in [3.8, 4) is 0 Å². The van der Waals surface area contributed by atoms with Crippen molar-refractivity contribution in [1.82, 2.24) is 0 Å². The molecule has 21 heavy (non-hydrogen) atoms. The summed E-state index contributed by atoms with van der Waals surface area (Å²) in [5, 5.41) is 0. The molecule has 0 fully saturated rings. The van der Waals surface area contributed by atoms with E-state index >= 15 is 0 Å². The van der Waals surface area contributed by atoms with Crippen LogP contribution in [0.5, 0.6) is 0 Å². The fourth-order valence-electron chi connectivity index (χ4n) is 2.82. The number of rotatable bonds is 12. The van der Waals surface area contributed by atoms with Crippen LogP contribution in [0.15, 0.2) is 0 Å². The second-order valence-corrected chi connectivity index (χ2v) is 7.75. The lowest BCUT2D eigenvalue weighted by molar-refractivity contribution is -0.144. The predicted octanol–water partition coefficient (Wildman–Crippen LogP) is 6.13. The third-order valence-electron chi connectivity index (χ3n) is 3.82. The quantitative estimate of drug-likeness (QED) is 0.320. The van der Waals surface area contributed by atoms with Crippen molar-refractivity contribution < 1.29 is 9.53 Å². The monoisotopic (exact) mass is 298 g/mol. The maximum atomic E-state index is 11.6. The molecule has 0 amide bonds. The number of hydrogen-bond acceptors (Lipinski definition) is 2. The Balaban J connectivity index is 3.42. The van der Waals surface area contributed by atoms with Crippen LogP contribution >= 0.6 is 0 Å². The summed E-state index contributed by atoms with van der Waals surface area (Å²) in [6, 6.07) is 0. The number of esters is 1. The minimum absolute atomic E-state index is 0.00785. The minimum Gasteiger partial charge on any atom is -0.466 e. The maximum absolute atomic E-state index is 11.6. The Labute approximate surface area is 133 Å². The van der Waals surface area contributed by atoms with Crippen molar-refractivity contribution in [1.29, 1.82) is 0 Å². The van der Waals surface area contributed by atoms with E-state index in [0.717, 1.165) is 12.8 Å². The van der Waals surface area contributed by atoms with Gasteiger partial charge in [-0.3, -0.25) is 4.79 Å². The molecule has 126 valence electrons. The van der Waals surface area contributed by atoms with Crippen molar-refractivity contribution in [2.45, 2.75) is 98.8 Å². The molecular weight excluding hydrogens is 260 g/mol. The molecule has 0 saturated heterocycles. The van der Waals surface area contributed by atoms with Crippen LogP contribution in [0, 0.1) is 11.3 Å². The van der Waals surface area contributed by atoms with Crippen LogP contribution in [-0.2, 0) is 9.53 Å². The predicted molar refractivity (Wildman–Crippen MR) is 91.4 cm³/mol. The molecule has 0 aromatic heterocycles. The first-order valence-corrected chi connectivity index (χ1v) is 9.00. The standard InChI is InChI=1S/C19H38O2/c1-6-7-8-9-10-11-12-13-18(20)21-15-14-17(2)16-19(3,4)5/h17H,6-16H2,1-5H3. The SMILES string of the molecule is CCCCCCCCCC(=O)OCCC(C)CC(C)(C)C. The van der Waals surface area contributed by atoms with E-state index in [1.165, 1.54) is 44.9 Å². The van der Waals surface area contributed by atoms with Gasteiger partial charge in [0.15, 0.2) is 0 Å². The highest BCUT2D eigenvalue weighted by atomic mass is 16.5. The van der Waals surface area contributed by atoms with Crippen LogP contribution in [0.25, 0.3) is 0 Å². The van der Waals surface area contributed by atoms with Gasteiger partial charge in [0.05, 0.1) is 6.61 Å². The average molecular weight is 299 g/mol. The van der Waals surface area contributed by atoms with Gasteiger partial charge in [0.25, 0.3) is 0 Å². The lowest BCUT2D eigenvalue weighted by Crippen LogP contribution is -2.14. The van der Waals surface area contributed by atoms with Crippen molar-refractivity contribution in [3.63, 3.8) is 0 Å². The Morgan fingerprint density at radius 3 is 2.14 bits per heavy atom. The molecule has 0 heterocycles. The molecule has 0 radical (unpaired) electrons. The van der Waals surface area contributed by atoms with Crippen molar-refractivity contribution >= 4 is 5.97 Å². The van der Waals surface area contributed by atoms with E-state index in [2.05, 4.69) is 34.6 Å². The fourth-order valence-corrected chi connectivity index (χ4v) is 2.82. The maximum Gasteiger partial charge on any atom is 0.305 e. The highest BCUT2D eigenvalue weighted by molar-refractivity contribution is 5.69. The fraction of sp³-hybridized carbons (Fsp3) is 0.947. The van der Waals surface area contributed by atoms with Gasteiger partial charge in [-0.25, -0.2) is 0 Å². The zero-order valence-electron chi connectivity index (χ0n) is 15.2. The topological polar surface area (TPSA) is 26.3 Å². The first-order chi connectivity index (χ1) is 9.85. The zero-order valence-corrected chi connectivity index (χ0v) is 15.2. The molecule has 0 spiro atoms. The second kappa shape index (κ2) is 12.1. The minimum atomic E-state index is -0.00785. The van der Waals surface area contributed by atoms with E-state index in [4.69, 9.17) is 4.74 Å². The highest BCUT2D eigenvalue weighted by Gasteiger charge is 2.15. The smallest absolute Gasteiger partial charge is 0.305 e. The molecule has 0 rings (SSSR count). The van der Waals surface area contributed by atoms with Crippen molar-refractivity contribution in [2.24, 2.45) is 11.3 Å². The molecule has 0 N–H and O–H groups in total. The van der Waals surface area contributed by atoms with Crippen LogP contribution in [0.4, 0.5) is 0 Å². The molecule has 2 heteroatoms. The number of carbonyl (C=O) groups excluding carboxylic acids is 1. The van der Waals surface area contributed by atoms with Gasteiger partial charge in [-0.05, 0) is 30.6 Å². The van der Waals surface area contributed by atoms with Gasteiger partial charge < -0.3 is 4.74 Å². The summed E-state index contributed by atoms with van der Waals surface area (Å²) in [5.74, 6) is 0.614. The van der Waals surface area contributed by atoms with E-state index < -0.39 is 0 Å². The molecule has 0 aromatic rings. The molecule has 2 nitrogen and oxygen atoms in total. The summed E-state index contributed by atoms with van der Waals surface area (Å²) in [4.78, 5) is 11.6. The third kappa shape index (κ3) is 15.7. The van der Waals surface area contributed by atoms with E-state index in [9.17, 15) is 4.79 Å². The normalized spacial score (nSPS) is 13.2. The van der Waals surface area contributed by atoms with E-state index in [-0.39, 0.29) is 5.97 Å². The van der Waals surface area contributed by atoms with Gasteiger partial charge in [-0.1, -0.05) is 73.1 Å². The van der Waals surface area contributed by atoms with E-state index in [1.54, 1.807) is 0 Å². The Morgan fingerprint density at radius 2 is 1.57 bits per heavy atom. The Hall–Kier alpha value is -0.530. The molecule has 1 unspecified atom stereocenters. The largest absolute Gasteiger partial charge is 0.466 e. The summed E-state index contributed by atoms with van der Waals surface area (Å²) in [5.41, 5.74) is 0.362. The van der Waals surface area contributed by atoms with Gasteiger partial charge in [0.2, 0.25) is 0 Å². The molecule has 0 saturated carbocycles. The number of ether oxygens (including phenoxy) is 1. The molecule has 0 bridgehead atoms. The Bertz CT molecular complexity index is 253. The zero-order chi connectivity index (χ0) is 16.1. The second-order valence-electron chi connectivity index (χ2n) is 7.75. The average Bonchev–Trinajstić information content (AvgIpc) is 2.35. The first kappa shape index (κ1) is 20.5. The van der Waals surface area contributed by atoms with E-state index in [1.807, 2.05) is 0 Å². The van der Waals surface area contributed by atoms with Crippen LogP contribution in [-0.4, -0.2) is 12.6 Å². The number of hydrogen-bond donors (Lipinski definition) is 0. The van der Waals surface area contributed by atoms with Crippen LogP contribution < -0.4 is 0 Å². The molecular formula is C19H38O2. The summed E-state index contributed by atoms with van der Waals surface area (Å²) < 4.78 is 5.33. The molecule has 0 aliphatic heterocycles. The van der Waals surface area contributed by atoms with Gasteiger partial charge in [0, 0.05) is 6.42 Å². The van der Waals surface area contributed by atoms with Crippen LogP contribution in [0.2, 0.25) is 0 Å². The van der Waals surface area contributed by atoms with Gasteiger partial charge >= 0.3 is 5.97 Å². The van der Waals surface area contributed by atoms with Crippen molar-refractivity contribution in [2.75, 3.05) is 6.61 Å². The van der Waals surface area contributed by atoms with Crippen LogP contribution in [0.1, 0.15) is 98.8 Å². The first-order valence-electron chi connectivity index (χ1n) is 9.00. The highest BCUT2D eigenvalue weighted by Crippen LogP contribution is 2.25. The third-order valence-corrected chi connectivity index (χ3v) is 3.82. The summed E-state index contributed by atoms with van der Waals surface area (Å²) >= 11 is 0. The Kier molecular flexibility index (Phi) is 11.8. The number of carbonyl (C=O) groups is 1.